The first-order chi connectivity index (χ1) is 16.4. The van der Waals surface area contributed by atoms with E-state index in [4.69, 9.17) is 9.97 Å². The molecule has 0 radical (unpaired) electrons. The fourth-order valence-corrected chi connectivity index (χ4v) is 5.64. The molecule has 2 aliphatic heterocycles. The second kappa shape index (κ2) is 6.11. The second-order valence-corrected chi connectivity index (χ2v) is 8.65. The van der Waals surface area contributed by atoms with Crippen LogP contribution in [-0.4, -0.2) is 14.5 Å². The summed E-state index contributed by atoms with van der Waals surface area (Å²) in [6.07, 6.45) is 12.8. The van der Waals surface area contributed by atoms with Crippen LogP contribution in [0.5, 0.6) is 0 Å². The topological polar surface area (TPSA) is 37.2 Å². The Morgan fingerprint density at radius 3 is 2.03 bits per heavy atom. The van der Waals surface area contributed by atoms with Gasteiger partial charge in [0.2, 0.25) is 0 Å². The van der Waals surface area contributed by atoms with Gasteiger partial charge in [-0.25, -0.2) is 0 Å². The number of hydrogen-bond donors (Lipinski definition) is 0. The Morgan fingerprint density at radius 2 is 1.33 bits per heavy atom. The number of fused-ring (bicyclic) bond motifs is 1. The molecule has 0 saturated heterocycles. The van der Waals surface area contributed by atoms with E-state index in [0.717, 1.165) is 57.7 Å². The Kier molecular flexibility index (Phi) is 3.18. The molecule has 5 heterocycles. The summed E-state index contributed by atoms with van der Waals surface area (Å²) < 4.78 is 2.39. The van der Waals surface area contributed by atoms with Gasteiger partial charge in [0.1, 0.15) is 11.0 Å². The minimum Gasteiger partial charge on any atom is -0.306 e. The van der Waals surface area contributed by atoms with E-state index in [1.807, 2.05) is 12.4 Å². The van der Waals surface area contributed by atoms with Gasteiger partial charge in [-0.15, -0.1) is 0 Å². The number of nitrogens with zero attached hydrogens (tertiary/aromatic N) is 5. The van der Waals surface area contributed by atoms with Gasteiger partial charge in [-0.05, 0) is 55.3 Å². The van der Waals surface area contributed by atoms with Crippen LogP contribution in [-0.2, 0) is 0 Å². The maximum absolute atomic E-state index is 4.82. The Balaban J connectivity index is 1.59. The van der Waals surface area contributed by atoms with E-state index in [9.17, 15) is 0 Å². The lowest BCUT2D eigenvalue weighted by Crippen LogP contribution is -2.26. The SMILES string of the molecule is C1=CC(N2c3cccc4c3-n3c5c2ccnc5c2nccc(c23)N4c2ccccc2)=CCC1. The van der Waals surface area contributed by atoms with Crippen LogP contribution >= 0.6 is 0 Å². The van der Waals surface area contributed by atoms with Gasteiger partial charge in [0.15, 0.2) is 0 Å². The number of hydrogen-bond acceptors (Lipinski definition) is 4. The van der Waals surface area contributed by atoms with Crippen LogP contribution in [0.4, 0.5) is 28.4 Å². The summed E-state index contributed by atoms with van der Waals surface area (Å²) in [7, 11) is 0. The Hall–Kier alpha value is -4.38. The summed E-state index contributed by atoms with van der Waals surface area (Å²) in [5.41, 5.74) is 12.3. The van der Waals surface area contributed by atoms with Crippen molar-refractivity contribution in [1.82, 2.24) is 14.5 Å². The van der Waals surface area contributed by atoms with Crippen molar-refractivity contribution in [2.45, 2.75) is 12.8 Å². The summed E-state index contributed by atoms with van der Waals surface area (Å²) in [5.74, 6) is 0. The third kappa shape index (κ3) is 2.07. The van der Waals surface area contributed by atoms with Crippen LogP contribution in [0, 0.1) is 0 Å². The molecule has 0 amide bonds. The molecule has 5 heteroatoms. The van der Waals surface area contributed by atoms with Gasteiger partial charge in [0.05, 0.1) is 39.5 Å². The van der Waals surface area contributed by atoms with Crippen molar-refractivity contribution in [3.05, 3.63) is 97.0 Å². The zero-order chi connectivity index (χ0) is 21.5. The van der Waals surface area contributed by atoms with E-state index in [1.165, 1.54) is 17.1 Å². The minimum absolute atomic E-state index is 0.945. The van der Waals surface area contributed by atoms with Gasteiger partial charge < -0.3 is 9.80 Å². The lowest BCUT2D eigenvalue weighted by Gasteiger charge is -2.39. The molecule has 0 atom stereocenters. The van der Waals surface area contributed by atoms with Gasteiger partial charge >= 0.3 is 0 Å². The molecule has 0 N–H and O–H groups in total. The van der Waals surface area contributed by atoms with Crippen LogP contribution in [0.25, 0.3) is 27.8 Å². The number of rotatable bonds is 2. The summed E-state index contributed by atoms with van der Waals surface area (Å²) in [5, 5.41) is 0. The van der Waals surface area contributed by atoms with E-state index in [-0.39, 0.29) is 0 Å². The quantitative estimate of drug-likeness (QED) is 0.298. The largest absolute Gasteiger partial charge is 0.306 e. The number of aromatic nitrogens is 3. The molecule has 8 rings (SSSR count). The summed E-state index contributed by atoms with van der Waals surface area (Å²) in [6.45, 7) is 0. The number of pyridine rings is 2. The third-order valence-corrected chi connectivity index (χ3v) is 6.91. The smallest absolute Gasteiger partial charge is 0.117 e. The maximum Gasteiger partial charge on any atom is 0.117 e. The van der Waals surface area contributed by atoms with Gasteiger partial charge in [-0.2, -0.15) is 0 Å². The zero-order valence-corrected chi connectivity index (χ0v) is 17.8. The second-order valence-electron chi connectivity index (χ2n) is 8.65. The predicted molar refractivity (Wildman–Crippen MR) is 133 cm³/mol. The van der Waals surface area contributed by atoms with E-state index < -0.39 is 0 Å². The van der Waals surface area contributed by atoms with E-state index in [0.29, 0.717) is 0 Å². The van der Waals surface area contributed by atoms with Crippen LogP contribution in [0.15, 0.2) is 97.0 Å². The van der Waals surface area contributed by atoms with Crippen molar-refractivity contribution in [3.8, 4) is 5.69 Å². The van der Waals surface area contributed by atoms with Crippen molar-refractivity contribution in [3.63, 3.8) is 0 Å². The van der Waals surface area contributed by atoms with Crippen LogP contribution in [0.1, 0.15) is 12.8 Å². The maximum atomic E-state index is 4.82. The molecule has 0 fully saturated rings. The van der Waals surface area contributed by atoms with Gasteiger partial charge in [0, 0.05) is 23.8 Å². The molecule has 0 spiro atoms. The first kappa shape index (κ1) is 17.2. The molecule has 0 saturated carbocycles. The number of para-hydroxylation sites is 2. The molecular weight excluding hydrogens is 406 g/mol. The highest BCUT2D eigenvalue weighted by molar-refractivity contribution is 6.19. The molecule has 2 aromatic carbocycles. The summed E-state index contributed by atoms with van der Waals surface area (Å²) >= 11 is 0. The van der Waals surface area contributed by atoms with Gasteiger partial charge in [-0.1, -0.05) is 36.4 Å². The fourth-order valence-electron chi connectivity index (χ4n) is 5.64. The zero-order valence-electron chi connectivity index (χ0n) is 17.8. The molecule has 0 unspecified atom stereocenters. The molecule has 3 aliphatic rings. The summed E-state index contributed by atoms with van der Waals surface area (Å²) in [6, 6.07) is 21.5. The molecule has 5 nitrogen and oxygen atoms in total. The van der Waals surface area contributed by atoms with Crippen molar-refractivity contribution in [1.29, 1.82) is 0 Å². The highest BCUT2D eigenvalue weighted by Gasteiger charge is 2.37. The Bertz CT molecular complexity index is 1680. The van der Waals surface area contributed by atoms with Gasteiger partial charge in [-0.3, -0.25) is 14.5 Å². The van der Waals surface area contributed by atoms with Crippen LogP contribution in [0.2, 0.25) is 0 Å². The highest BCUT2D eigenvalue weighted by atomic mass is 15.3. The minimum atomic E-state index is 0.945. The fraction of sp³-hybridized carbons (Fsp3) is 0.0714. The predicted octanol–water partition coefficient (Wildman–Crippen LogP) is 7.04. The van der Waals surface area contributed by atoms with E-state index in [2.05, 4.69) is 93.3 Å². The molecule has 5 aromatic rings. The van der Waals surface area contributed by atoms with Crippen molar-refractivity contribution in [2.24, 2.45) is 0 Å². The molecule has 1 aliphatic carbocycles. The first-order valence-corrected chi connectivity index (χ1v) is 11.4. The Labute approximate surface area is 190 Å². The lowest BCUT2D eigenvalue weighted by atomic mass is 10.0. The van der Waals surface area contributed by atoms with Crippen LogP contribution in [0.3, 0.4) is 0 Å². The molecule has 33 heavy (non-hydrogen) atoms. The molecule has 3 aromatic heterocycles. The monoisotopic (exact) mass is 425 g/mol. The number of benzene rings is 2. The van der Waals surface area contributed by atoms with E-state index in [1.54, 1.807) is 0 Å². The molecule has 156 valence electrons. The van der Waals surface area contributed by atoms with Gasteiger partial charge in [0.25, 0.3) is 0 Å². The molecular formula is C28H19N5. The average molecular weight is 425 g/mol. The third-order valence-electron chi connectivity index (χ3n) is 6.91. The first-order valence-electron chi connectivity index (χ1n) is 11.4. The lowest BCUT2D eigenvalue weighted by molar-refractivity contribution is 0.984. The highest BCUT2D eigenvalue weighted by Crippen LogP contribution is 2.56. The standard InChI is InChI=1S/C28H19N5/c1-3-8-18(9-4-1)31-20-12-7-13-21-26(20)33-27-22(31)14-16-29-24(27)25-28(33)23(15-17-30-25)32(21)19-10-5-2-6-11-19/h1,3-5,7-17H,2,6H2. The summed E-state index contributed by atoms with van der Waals surface area (Å²) in [4.78, 5) is 14.4. The average Bonchev–Trinajstić information content (AvgIpc) is 3.23. The molecule has 0 bridgehead atoms. The van der Waals surface area contributed by atoms with Crippen molar-refractivity contribution < 1.29 is 0 Å². The van der Waals surface area contributed by atoms with E-state index >= 15 is 0 Å². The van der Waals surface area contributed by atoms with Crippen LogP contribution < -0.4 is 9.80 Å². The number of anilines is 5. The van der Waals surface area contributed by atoms with Crippen molar-refractivity contribution >= 4 is 50.5 Å². The van der Waals surface area contributed by atoms with Crippen molar-refractivity contribution in [2.75, 3.05) is 9.80 Å². The normalized spacial score (nSPS) is 15.6. The number of allylic oxidation sites excluding steroid dienone is 3. The Morgan fingerprint density at radius 1 is 0.636 bits per heavy atom.